The highest BCUT2D eigenvalue weighted by Crippen LogP contribution is 2.26. The number of carbonyl (C=O) groups is 2. The number of fused-ring (bicyclic) bond motifs is 1. The normalized spacial score (nSPS) is 12.0. The van der Waals surface area contributed by atoms with Gasteiger partial charge < -0.3 is 25.2 Å². The lowest BCUT2D eigenvalue weighted by atomic mass is 10.1. The van der Waals surface area contributed by atoms with Crippen molar-refractivity contribution in [1.29, 1.82) is 0 Å². The van der Waals surface area contributed by atoms with Gasteiger partial charge in [0.1, 0.15) is 23.3 Å². The Kier molecular flexibility index (Phi) is 7.96. The molecule has 1 amide bonds. The third-order valence-corrected chi connectivity index (χ3v) is 6.70. The Labute approximate surface area is 224 Å². The molecule has 0 bridgehead atoms. The van der Waals surface area contributed by atoms with Crippen molar-refractivity contribution in [3.63, 3.8) is 0 Å². The molecule has 4 rings (SSSR count). The number of amides is 1. The van der Waals surface area contributed by atoms with Crippen LogP contribution in [0.5, 0.6) is 11.5 Å². The van der Waals surface area contributed by atoms with Gasteiger partial charge in [0.2, 0.25) is 0 Å². The number of hydrogen-bond acceptors (Lipinski definition) is 7. The monoisotopic (exact) mass is 530 g/mol. The molecule has 0 aliphatic carbocycles. The van der Waals surface area contributed by atoms with E-state index in [4.69, 9.17) is 0 Å². The Hall–Kier alpha value is -4.70. The van der Waals surface area contributed by atoms with Gasteiger partial charge in [-0.15, -0.1) is 0 Å². The van der Waals surface area contributed by atoms with E-state index in [1.807, 2.05) is 26.1 Å². The van der Waals surface area contributed by atoms with Crippen LogP contribution in [0.25, 0.3) is 16.6 Å². The van der Waals surface area contributed by atoms with E-state index in [1.54, 1.807) is 37.4 Å². The molecule has 1 heterocycles. The molecule has 0 aliphatic rings. The summed E-state index contributed by atoms with van der Waals surface area (Å²) in [7, 11) is 3.60. The van der Waals surface area contributed by atoms with Crippen LogP contribution in [0.2, 0.25) is 0 Å². The van der Waals surface area contributed by atoms with Crippen molar-refractivity contribution < 1.29 is 19.8 Å². The standard InChI is InChI=1S/C29H30N4O6/c1-4-31(2)16-19-10-13-23-22(15-19)28(38)33(29(39)32(23)3)21-11-8-18(9-12-21)14-20(17-34)30-27(37)26-24(35)6-5-7-25(26)36/h5-13,15,17,20,35-36H,4,14,16H2,1-3H3,(H,30,37). The molecular weight excluding hydrogens is 500 g/mol. The molecule has 0 spiro atoms. The van der Waals surface area contributed by atoms with Gasteiger partial charge in [0.05, 0.1) is 22.6 Å². The zero-order chi connectivity index (χ0) is 28.3. The lowest BCUT2D eigenvalue weighted by Gasteiger charge is -2.16. The van der Waals surface area contributed by atoms with Crippen LogP contribution in [-0.4, -0.2) is 56.1 Å². The molecule has 1 atom stereocenters. The number of aromatic hydroxyl groups is 2. The molecule has 1 unspecified atom stereocenters. The van der Waals surface area contributed by atoms with E-state index >= 15 is 0 Å². The topological polar surface area (TPSA) is 134 Å². The fraction of sp³-hybridized carbons (Fsp3) is 0.241. The maximum Gasteiger partial charge on any atom is 0.335 e. The van der Waals surface area contributed by atoms with Crippen LogP contribution in [0.15, 0.2) is 70.3 Å². The van der Waals surface area contributed by atoms with Gasteiger partial charge in [-0.1, -0.05) is 31.2 Å². The Morgan fingerprint density at radius 2 is 1.67 bits per heavy atom. The Balaban J connectivity index is 1.61. The molecule has 202 valence electrons. The average Bonchev–Trinajstić information content (AvgIpc) is 2.92. The largest absolute Gasteiger partial charge is 0.507 e. The minimum Gasteiger partial charge on any atom is -0.507 e. The third-order valence-electron chi connectivity index (χ3n) is 6.70. The van der Waals surface area contributed by atoms with Crippen molar-refractivity contribution in [3.05, 3.63) is 98.2 Å². The number of aromatic nitrogens is 2. The van der Waals surface area contributed by atoms with Crippen molar-refractivity contribution >= 4 is 23.1 Å². The summed E-state index contributed by atoms with van der Waals surface area (Å²) < 4.78 is 2.55. The number of hydrogen-bond donors (Lipinski definition) is 3. The molecule has 4 aromatic rings. The lowest BCUT2D eigenvalue weighted by Crippen LogP contribution is -2.38. The first-order valence-electron chi connectivity index (χ1n) is 12.4. The van der Waals surface area contributed by atoms with Gasteiger partial charge in [-0.25, -0.2) is 9.36 Å². The SMILES string of the molecule is CCN(C)Cc1ccc2c(c1)c(=O)n(-c1ccc(CC(C=O)NC(=O)c3c(O)cccc3O)cc1)c(=O)n2C. The fourth-order valence-corrected chi connectivity index (χ4v) is 4.43. The van der Waals surface area contributed by atoms with Crippen LogP contribution in [0.4, 0.5) is 0 Å². The molecule has 1 aromatic heterocycles. The summed E-state index contributed by atoms with van der Waals surface area (Å²) >= 11 is 0. The van der Waals surface area contributed by atoms with E-state index in [-0.39, 0.29) is 12.0 Å². The molecule has 39 heavy (non-hydrogen) atoms. The molecule has 3 aromatic carbocycles. The van der Waals surface area contributed by atoms with Gasteiger partial charge in [0.15, 0.2) is 0 Å². The Bertz CT molecular complexity index is 1640. The second kappa shape index (κ2) is 11.4. The number of aldehydes is 1. The van der Waals surface area contributed by atoms with Crippen molar-refractivity contribution in [2.75, 3.05) is 13.6 Å². The molecule has 0 radical (unpaired) electrons. The molecule has 0 saturated heterocycles. The first-order valence-corrected chi connectivity index (χ1v) is 12.4. The van der Waals surface area contributed by atoms with Crippen LogP contribution >= 0.6 is 0 Å². The average molecular weight is 531 g/mol. The minimum absolute atomic E-state index is 0.114. The molecule has 10 heteroatoms. The zero-order valence-corrected chi connectivity index (χ0v) is 21.9. The highest BCUT2D eigenvalue weighted by atomic mass is 16.3. The maximum atomic E-state index is 13.4. The zero-order valence-electron chi connectivity index (χ0n) is 21.9. The number of carbonyl (C=O) groups excluding carboxylic acids is 2. The van der Waals surface area contributed by atoms with Gasteiger partial charge in [0, 0.05) is 13.6 Å². The summed E-state index contributed by atoms with van der Waals surface area (Å²) in [5, 5.41) is 22.7. The van der Waals surface area contributed by atoms with E-state index < -0.39 is 34.7 Å². The van der Waals surface area contributed by atoms with Gasteiger partial charge in [-0.3, -0.25) is 14.2 Å². The number of aryl methyl sites for hydroxylation is 1. The summed E-state index contributed by atoms with van der Waals surface area (Å²) in [5.41, 5.74) is 1.29. The third kappa shape index (κ3) is 5.60. The van der Waals surface area contributed by atoms with Crippen LogP contribution in [0.3, 0.4) is 0 Å². The first-order chi connectivity index (χ1) is 18.6. The van der Waals surface area contributed by atoms with Crippen molar-refractivity contribution in [2.24, 2.45) is 7.05 Å². The van der Waals surface area contributed by atoms with Crippen LogP contribution < -0.4 is 16.6 Å². The minimum atomic E-state index is -0.946. The summed E-state index contributed by atoms with van der Waals surface area (Å²) in [6, 6.07) is 15.0. The van der Waals surface area contributed by atoms with Crippen molar-refractivity contribution in [1.82, 2.24) is 19.4 Å². The quantitative estimate of drug-likeness (QED) is 0.282. The van der Waals surface area contributed by atoms with Gasteiger partial charge >= 0.3 is 5.69 Å². The predicted octanol–water partition coefficient (Wildman–Crippen LogP) is 2.09. The summed E-state index contributed by atoms with van der Waals surface area (Å²) in [5.74, 6) is -1.61. The number of phenols is 2. The summed E-state index contributed by atoms with van der Waals surface area (Å²) in [4.78, 5) is 52.9. The Morgan fingerprint density at radius 3 is 2.28 bits per heavy atom. The lowest BCUT2D eigenvalue weighted by molar-refractivity contribution is -0.109. The number of benzene rings is 3. The van der Waals surface area contributed by atoms with Gasteiger partial charge in [-0.2, -0.15) is 0 Å². The van der Waals surface area contributed by atoms with E-state index in [2.05, 4.69) is 10.2 Å². The van der Waals surface area contributed by atoms with E-state index in [0.29, 0.717) is 35.0 Å². The second-order valence-electron chi connectivity index (χ2n) is 9.42. The van der Waals surface area contributed by atoms with E-state index in [1.165, 1.54) is 22.8 Å². The summed E-state index contributed by atoms with van der Waals surface area (Å²) in [6.45, 7) is 3.57. The molecular formula is C29H30N4O6. The number of nitrogens with zero attached hydrogens (tertiary/aromatic N) is 3. The number of phenolic OH excluding ortho intramolecular Hbond substituents is 2. The van der Waals surface area contributed by atoms with E-state index in [9.17, 15) is 29.4 Å². The molecule has 10 nitrogen and oxygen atoms in total. The molecule has 0 saturated carbocycles. The maximum absolute atomic E-state index is 13.4. The molecule has 0 aliphatic heterocycles. The number of rotatable bonds is 9. The Morgan fingerprint density at radius 1 is 1.03 bits per heavy atom. The summed E-state index contributed by atoms with van der Waals surface area (Å²) in [6.07, 6.45) is 0.669. The van der Waals surface area contributed by atoms with Gasteiger partial charge in [0.25, 0.3) is 11.5 Å². The molecule has 0 fully saturated rings. The first kappa shape index (κ1) is 27.3. The number of nitrogens with one attached hydrogen (secondary N) is 1. The van der Waals surface area contributed by atoms with E-state index in [0.717, 1.165) is 16.7 Å². The van der Waals surface area contributed by atoms with Crippen LogP contribution in [0.1, 0.15) is 28.4 Å². The molecule has 3 N–H and O–H groups in total. The predicted molar refractivity (Wildman–Crippen MR) is 148 cm³/mol. The van der Waals surface area contributed by atoms with Crippen LogP contribution in [-0.2, 0) is 24.8 Å². The van der Waals surface area contributed by atoms with Gasteiger partial charge in [-0.05, 0) is 67.5 Å². The second-order valence-corrected chi connectivity index (χ2v) is 9.42. The van der Waals surface area contributed by atoms with Crippen molar-refractivity contribution in [3.8, 4) is 17.2 Å². The van der Waals surface area contributed by atoms with Crippen LogP contribution in [0, 0.1) is 0 Å². The highest BCUT2D eigenvalue weighted by Gasteiger charge is 2.20. The highest BCUT2D eigenvalue weighted by molar-refractivity contribution is 6.00. The smallest absolute Gasteiger partial charge is 0.335 e. The van der Waals surface area contributed by atoms with Crippen molar-refractivity contribution in [2.45, 2.75) is 25.9 Å². The fourth-order valence-electron chi connectivity index (χ4n) is 4.43.